The lowest BCUT2D eigenvalue weighted by molar-refractivity contribution is -0.280. The van der Waals surface area contributed by atoms with Crippen molar-refractivity contribution >= 4 is 0 Å². The Hall–Kier alpha value is -0.200. The van der Waals surface area contributed by atoms with Gasteiger partial charge in [0.25, 0.3) is 0 Å². The van der Waals surface area contributed by atoms with E-state index >= 15 is 0 Å². The van der Waals surface area contributed by atoms with Gasteiger partial charge in [-0.3, -0.25) is 0 Å². The number of hydrogen-bond acceptors (Lipinski definition) is 5. The van der Waals surface area contributed by atoms with Crippen LogP contribution >= 0.6 is 0 Å². The lowest BCUT2D eigenvalue weighted by atomic mass is 10.0. The minimum absolute atomic E-state index is 0.0566. The zero-order valence-electron chi connectivity index (χ0n) is 12.2. The Labute approximate surface area is 115 Å². The Morgan fingerprint density at radius 3 is 2.37 bits per heavy atom. The summed E-state index contributed by atoms with van der Waals surface area (Å²) >= 11 is 0. The van der Waals surface area contributed by atoms with Gasteiger partial charge in [-0.15, -0.1) is 0 Å². The molecular weight excluding hydrogens is 248 g/mol. The van der Waals surface area contributed by atoms with Crippen molar-refractivity contribution in [1.29, 1.82) is 0 Å². The average molecular weight is 274 g/mol. The molecule has 19 heavy (non-hydrogen) atoms. The Bertz CT molecular complexity index is 285. The minimum atomic E-state index is -0.593. The van der Waals surface area contributed by atoms with Gasteiger partial charge in [0.2, 0.25) is 0 Å². The molecule has 0 aromatic carbocycles. The maximum atomic E-state index is 9.92. The second-order valence-corrected chi connectivity index (χ2v) is 5.67. The molecule has 0 radical (unpaired) electrons. The molecule has 5 nitrogen and oxygen atoms in total. The molecule has 2 fully saturated rings. The normalized spacial score (nSPS) is 48.2. The molecule has 0 bridgehead atoms. The van der Waals surface area contributed by atoms with Crippen molar-refractivity contribution in [1.82, 2.24) is 0 Å². The van der Waals surface area contributed by atoms with Gasteiger partial charge >= 0.3 is 0 Å². The lowest BCUT2D eigenvalue weighted by Crippen LogP contribution is -2.50. The molecule has 5 heteroatoms. The predicted octanol–water partition coefficient (Wildman–Crippen LogP) is 1.47. The molecule has 0 spiro atoms. The van der Waals surface area contributed by atoms with Crippen LogP contribution in [0, 0.1) is 0 Å². The Kier molecular flexibility index (Phi) is 5.20. The van der Waals surface area contributed by atoms with Gasteiger partial charge in [-0.1, -0.05) is 0 Å². The largest absolute Gasteiger partial charge is 0.388 e. The van der Waals surface area contributed by atoms with Crippen LogP contribution in [-0.4, -0.2) is 55.1 Å². The van der Waals surface area contributed by atoms with E-state index < -0.39 is 6.10 Å². The molecule has 2 aliphatic rings. The van der Waals surface area contributed by atoms with Gasteiger partial charge in [-0.2, -0.15) is 0 Å². The van der Waals surface area contributed by atoms with Gasteiger partial charge in [0, 0.05) is 13.5 Å². The van der Waals surface area contributed by atoms with Crippen LogP contribution in [0.4, 0.5) is 0 Å². The summed E-state index contributed by atoms with van der Waals surface area (Å²) in [6.45, 7) is 5.97. The quantitative estimate of drug-likeness (QED) is 0.844. The van der Waals surface area contributed by atoms with E-state index in [2.05, 4.69) is 6.92 Å². The van der Waals surface area contributed by atoms with Crippen molar-refractivity contribution in [2.45, 2.75) is 82.9 Å². The van der Waals surface area contributed by atoms with E-state index in [-0.39, 0.29) is 30.7 Å². The highest BCUT2D eigenvalue weighted by Gasteiger charge is 2.38. The molecule has 2 heterocycles. The van der Waals surface area contributed by atoms with Crippen LogP contribution in [0.1, 0.15) is 40.0 Å². The van der Waals surface area contributed by atoms with E-state index in [4.69, 9.17) is 18.9 Å². The van der Waals surface area contributed by atoms with Crippen molar-refractivity contribution in [2.24, 2.45) is 0 Å². The third-order valence-electron chi connectivity index (χ3n) is 4.11. The minimum Gasteiger partial charge on any atom is -0.388 e. The first-order valence-electron chi connectivity index (χ1n) is 7.18. The summed E-state index contributed by atoms with van der Waals surface area (Å²) in [7, 11) is 1.61. The molecule has 0 aromatic heterocycles. The number of aliphatic hydroxyl groups is 1. The highest BCUT2D eigenvalue weighted by molar-refractivity contribution is 4.83. The van der Waals surface area contributed by atoms with Crippen LogP contribution in [0.3, 0.4) is 0 Å². The van der Waals surface area contributed by atoms with Gasteiger partial charge in [-0.05, 0) is 33.6 Å². The van der Waals surface area contributed by atoms with Crippen LogP contribution < -0.4 is 0 Å². The summed E-state index contributed by atoms with van der Waals surface area (Å²) in [6, 6.07) is 0. The van der Waals surface area contributed by atoms with E-state index in [0.29, 0.717) is 12.5 Å². The highest BCUT2D eigenvalue weighted by atomic mass is 16.7. The van der Waals surface area contributed by atoms with Gasteiger partial charge in [-0.25, -0.2) is 0 Å². The van der Waals surface area contributed by atoms with E-state index in [1.165, 1.54) is 0 Å². The molecule has 0 saturated carbocycles. The van der Waals surface area contributed by atoms with Gasteiger partial charge in [0.1, 0.15) is 6.10 Å². The zero-order chi connectivity index (χ0) is 14.0. The molecule has 0 aromatic rings. The number of hydrogen-bond donors (Lipinski definition) is 1. The second-order valence-electron chi connectivity index (χ2n) is 5.67. The van der Waals surface area contributed by atoms with E-state index in [1.807, 2.05) is 13.8 Å². The Balaban J connectivity index is 1.88. The third kappa shape index (κ3) is 3.67. The van der Waals surface area contributed by atoms with Gasteiger partial charge in [0.05, 0.1) is 30.5 Å². The maximum Gasteiger partial charge on any atom is 0.161 e. The molecule has 7 atom stereocenters. The van der Waals surface area contributed by atoms with Gasteiger partial charge in [0.15, 0.2) is 6.29 Å². The molecule has 112 valence electrons. The van der Waals surface area contributed by atoms with Crippen molar-refractivity contribution < 1.29 is 24.1 Å². The SMILES string of the molecule is COC1CC(OC2CCC(C)OC2C)OC(C)C1O. The standard InChI is InChI=1S/C14H26O5/c1-8-5-6-11(9(2)17-8)19-13-7-12(16-4)14(15)10(3)18-13/h8-15H,5-7H2,1-4H3. The van der Waals surface area contributed by atoms with Crippen molar-refractivity contribution in [3.8, 4) is 0 Å². The fourth-order valence-corrected chi connectivity index (χ4v) is 2.86. The van der Waals surface area contributed by atoms with Crippen LogP contribution in [0.2, 0.25) is 0 Å². The molecule has 1 N–H and O–H groups in total. The maximum absolute atomic E-state index is 9.92. The van der Waals surface area contributed by atoms with E-state index in [0.717, 1.165) is 12.8 Å². The van der Waals surface area contributed by atoms with Crippen molar-refractivity contribution in [3.63, 3.8) is 0 Å². The summed E-state index contributed by atoms with van der Waals surface area (Å²) in [4.78, 5) is 0. The first-order chi connectivity index (χ1) is 9.01. The van der Waals surface area contributed by atoms with Crippen molar-refractivity contribution in [2.75, 3.05) is 7.11 Å². The topological polar surface area (TPSA) is 57.2 Å². The predicted molar refractivity (Wildman–Crippen MR) is 69.9 cm³/mol. The molecule has 7 unspecified atom stereocenters. The van der Waals surface area contributed by atoms with Crippen LogP contribution in [0.25, 0.3) is 0 Å². The smallest absolute Gasteiger partial charge is 0.161 e. The zero-order valence-corrected chi connectivity index (χ0v) is 12.2. The van der Waals surface area contributed by atoms with Crippen LogP contribution in [-0.2, 0) is 18.9 Å². The van der Waals surface area contributed by atoms with E-state index in [1.54, 1.807) is 7.11 Å². The number of methoxy groups -OCH3 is 1. The highest BCUT2D eigenvalue weighted by Crippen LogP contribution is 2.28. The Morgan fingerprint density at radius 1 is 1.00 bits per heavy atom. The number of ether oxygens (including phenoxy) is 4. The summed E-state index contributed by atoms with van der Waals surface area (Å²) in [5.41, 5.74) is 0. The fraction of sp³-hybridized carbons (Fsp3) is 1.00. The van der Waals surface area contributed by atoms with Crippen LogP contribution in [0.5, 0.6) is 0 Å². The lowest BCUT2D eigenvalue weighted by Gasteiger charge is -2.40. The number of aliphatic hydroxyl groups excluding tert-OH is 1. The van der Waals surface area contributed by atoms with Crippen molar-refractivity contribution in [3.05, 3.63) is 0 Å². The fourth-order valence-electron chi connectivity index (χ4n) is 2.86. The monoisotopic (exact) mass is 274 g/mol. The Morgan fingerprint density at radius 2 is 1.74 bits per heavy atom. The first kappa shape index (κ1) is 15.2. The van der Waals surface area contributed by atoms with E-state index in [9.17, 15) is 5.11 Å². The summed E-state index contributed by atoms with van der Waals surface area (Å²) in [5.74, 6) is 0. The first-order valence-corrected chi connectivity index (χ1v) is 7.18. The molecule has 2 saturated heterocycles. The molecule has 0 aliphatic carbocycles. The third-order valence-corrected chi connectivity index (χ3v) is 4.11. The summed E-state index contributed by atoms with van der Waals surface area (Å²) in [5, 5.41) is 9.92. The molecule has 2 aliphatic heterocycles. The van der Waals surface area contributed by atoms with Crippen LogP contribution in [0.15, 0.2) is 0 Å². The number of rotatable bonds is 3. The molecule has 0 amide bonds. The van der Waals surface area contributed by atoms with Gasteiger partial charge < -0.3 is 24.1 Å². The molecule has 2 rings (SSSR count). The molecular formula is C14H26O5. The second kappa shape index (κ2) is 6.50. The average Bonchev–Trinajstić information content (AvgIpc) is 2.37. The summed E-state index contributed by atoms with van der Waals surface area (Å²) in [6.07, 6.45) is 1.56. The summed E-state index contributed by atoms with van der Waals surface area (Å²) < 4.78 is 22.8.